The molecule has 34 heavy (non-hydrogen) atoms. The molecule has 0 amide bonds. The molecule has 6 nitrogen and oxygen atoms in total. The van der Waals surface area contributed by atoms with E-state index in [1.54, 1.807) is 23.9 Å². The first-order valence-electron chi connectivity index (χ1n) is 11.2. The number of hydrogen-bond donors (Lipinski definition) is 2. The smallest absolute Gasteiger partial charge is 0.219 e. The van der Waals surface area contributed by atoms with Gasteiger partial charge in [-0.25, -0.2) is 15.0 Å². The predicted molar refractivity (Wildman–Crippen MR) is 137 cm³/mol. The van der Waals surface area contributed by atoms with Gasteiger partial charge in [-0.3, -0.25) is 0 Å². The molecule has 4 heterocycles. The van der Waals surface area contributed by atoms with Gasteiger partial charge in [-0.15, -0.1) is 11.3 Å². The van der Waals surface area contributed by atoms with Crippen LogP contribution in [-0.4, -0.2) is 27.5 Å². The fourth-order valence-corrected chi connectivity index (χ4v) is 4.97. The van der Waals surface area contributed by atoms with Crippen LogP contribution in [0.15, 0.2) is 73.2 Å². The highest BCUT2D eigenvalue weighted by atomic mass is 32.1. The highest BCUT2D eigenvalue weighted by Crippen LogP contribution is 2.34. The van der Waals surface area contributed by atoms with Gasteiger partial charge in [-0.05, 0) is 61.2 Å². The molecule has 2 aromatic carbocycles. The molecule has 1 fully saturated rings. The number of rotatable bonds is 4. The van der Waals surface area contributed by atoms with Crippen molar-refractivity contribution >= 4 is 43.8 Å². The molecular weight excluding hydrogens is 442 g/mol. The topological polar surface area (TPSA) is 72.0 Å². The van der Waals surface area contributed by atoms with Crippen LogP contribution in [0.2, 0.25) is 0 Å². The summed E-state index contributed by atoms with van der Waals surface area (Å²) in [6.45, 7) is 1.05. The first-order chi connectivity index (χ1) is 16.8. The summed E-state index contributed by atoms with van der Waals surface area (Å²) in [7, 11) is 0. The maximum Gasteiger partial charge on any atom is 0.219 e. The Labute approximate surface area is 201 Å². The average Bonchev–Trinajstić information content (AvgIpc) is 3.54. The van der Waals surface area contributed by atoms with Gasteiger partial charge in [0, 0.05) is 23.3 Å². The molecule has 0 spiro atoms. The van der Waals surface area contributed by atoms with Crippen LogP contribution in [-0.2, 0) is 0 Å². The fraction of sp³-hybridized carbons (Fsp3) is 0.148. The van der Waals surface area contributed by atoms with Crippen LogP contribution in [0.1, 0.15) is 17.7 Å². The first-order valence-corrected chi connectivity index (χ1v) is 12.0. The number of aromatic nitrogens is 3. The van der Waals surface area contributed by atoms with Crippen LogP contribution in [0.25, 0.3) is 21.0 Å². The van der Waals surface area contributed by atoms with Crippen molar-refractivity contribution in [1.29, 1.82) is 0 Å². The van der Waals surface area contributed by atoms with E-state index in [1.807, 2.05) is 48.5 Å². The van der Waals surface area contributed by atoms with E-state index in [4.69, 9.17) is 4.74 Å². The Kier molecular flexibility index (Phi) is 5.52. The quantitative estimate of drug-likeness (QED) is 0.324. The van der Waals surface area contributed by atoms with Gasteiger partial charge in [-0.2, -0.15) is 0 Å². The number of hydrogen-bond acceptors (Lipinski definition) is 7. The molecule has 1 saturated heterocycles. The lowest BCUT2D eigenvalue weighted by molar-refractivity contribution is 0.468. The molecule has 3 aromatic heterocycles. The van der Waals surface area contributed by atoms with E-state index in [9.17, 15) is 0 Å². The summed E-state index contributed by atoms with van der Waals surface area (Å²) >= 11 is 1.62. The Morgan fingerprint density at radius 1 is 1.03 bits per heavy atom. The zero-order valence-corrected chi connectivity index (χ0v) is 19.1. The van der Waals surface area contributed by atoms with Crippen molar-refractivity contribution in [2.75, 3.05) is 11.9 Å². The third kappa shape index (κ3) is 4.29. The number of ether oxygens (including phenoxy) is 1. The van der Waals surface area contributed by atoms with Gasteiger partial charge in [0.2, 0.25) is 5.88 Å². The molecule has 0 saturated carbocycles. The van der Waals surface area contributed by atoms with Gasteiger partial charge in [0.25, 0.3) is 0 Å². The minimum absolute atomic E-state index is 0.290. The maximum absolute atomic E-state index is 6.00. The summed E-state index contributed by atoms with van der Waals surface area (Å²) < 4.78 is 7.00. The van der Waals surface area contributed by atoms with Crippen LogP contribution in [0.5, 0.6) is 11.6 Å². The molecular formula is C27H21N5OS. The average molecular weight is 464 g/mol. The number of benzene rings is 2. The highest BCUT2D eigenvalue weighted by molar-refractivity contribution is 7.20. The Balaban J connectivity index is 1.28. The Hall–Kier alpha value is -3.99. The normalized spacial score (nSPS) is 15.2. The summed E-state index contributed by atoms with van der Waals surface area (Å²) in [4.78, 5) is 14.2. The van der Waals surface area contributed by atoms with E-state index in [2.05, 4.69) is 49.6 Å². The molecule has 166 valence electrons. The van der Waals surface area contributed by atoms with Gasteiger partial charge in [0.05, 0.1) is 21.1 Å². The zero-order valence-electron chi connectivity index (χ0n) is 18.3. The standard InChI is InChI=1S/C27H21N5OS/c1-2-13-29-25(8-1)33-24-7-3-5-18-15-20(10-12-22(18)24)32-27-26-23(30-17-31-27)16-21(34-26)11-9-19-6-4-14-28-19/h1-3,5,7-8,10,12-13,15-17,19,28H,4,6,14H2,(H,30,31,32). The van der Waals surface area contributed by atoms with Crippen molar-refractivity contribution in [2.45, 2.75) is 18.9 Å². The van der Waals surface area contributed by atoms with Crippen LogP contribution in [0.3, 0.4) is 0 Å². The molecule has 0 aliphatic carbocycles. The lowest BCUT2D eigenvalue weighted by Gasteiger charge is -2.11. The monoisotopic (exact) mass is 463 g/mol. The second-order valence-corrected chi connectivity index (χ2v) is 9.10. The van der Waals surface area contributed by atoms with Crippen LogP contribution >= 0.6 is 11.3 Å². The van der Waals surface area contributed by atoms with E-state index in [-0.39, 0.29) is 6.04 Å². The minimum atomic E-state index is 0.290. The molecule has 2 N–H and O–H groups in total. The molecule has 5 aromatic rings. The Morgan fingerprint density at radius 2 is 2.03 bits per heavy atom. The van der Waals surface area contributed by atoms with Crippen molar-refractivity contribution in [2.24, 2.45) is 0 Å². The number of nitrogens with zero attached hydrogens (tertiary/aromatic N) is 3. The predicted octanol–water partition coefficient (Wildman–Crippen LogP) is 5.88. The Morgan fingerprint density at radius 3 is 2.91 bits per heavy atom. The number of fused-ring (bicyclic) bond motifs is 2. The van der Waals surface area contributed by atoms with Gasteiger partial charge >= 0.3 is 0 Å². The molecule has 0 radical (unpaired) electrons. The summed E-state index contributed by atoms with van der Waals surface area (Å²) in [5.41, 5.74) is 1.84. The van der Waals surface area contributed by atoms with Crippen molar-refractivity contribution in [1.82, 2.24) is 20.3 Å². The van der Waals surface area contributed by atoms with Crippen molar-refractivity contribution < 1.29 is 4.74 Å². The molecule has 0 bridgehead atoms. The SMILES string of the molecule is C(#CC1CCCN1)c1cc2ncnc(Nc3ccc4c(Oc5ccccn5)cccc4c3)c2s1. The third-order valence-electron chi connectivity index (χ3n) is 5.70. The van der Waals surface area contributed by atoms with Crippen LogP contribution in [0.4, 0.5) is 11.5 Å². The molecule has 1 unspecified atom stereocenters. The molecule has 1 aliphatic rings. The van der Waals surface area contributed by atoms with Crippen molar-refractivity contribution in [3.8, 4) is 23.5 Å². The van der Waals surface area contributed by atoms with E-state index >= 15 is 0 Å². The third-order valence-corrected chi connectivity index (χ3v) is 6.74. The Bertz CT molecular complexity index is 1530. The number of anilines is 2. The number of nitrogens with one attached hydrogen (secondary N) is 2. The van der Waals surface area contributed by atoms with Gasteiger partial charge < -0.3 is 15.4 Å². The van der Waals surface area contributed by atoms with Crippen LogP contribution in [0, 0.1) is 11.8 Å². The molecule has 1 aliphatic heterocycles. The van der Waals surface area contributed by atoms with E-state index in [0.717, 1.165) is 56.1 Å². The largest absolute Gasteiger partial charge is 0.438 e. The lowest BCUT2D eigenvalue weighted by Crippen LogP contribution is -2.18. The lowest BCUT2D eigenvalue weighted by atomic mass is 10.1. The summed E-state index contributed by atoms with van der Waals surface area (Å²) in [6.07, 6.45) is 5.61. The van der Waals surface area contributed by atoms with Crippen molar-refractivity contribution in [3.63, 3.8) is 0 Å². The van der Waals surface area contributed by atoms with E-state index < -0.39 is 0 Å². The molecule has 1 atom stereocenters. The maximum atomic E-state index is 6.00. The minimum Gasteiger partial charge on any atom is -0.438 e. The second kappa shape index (κ2) is 9.10. The highest BCUT2D eigenvalue weighted by Gasteiger charge is 2.12. The molecule has 7 heteroatoms. The van der Waals surface area contributed by atoms with Gasteiger partial charge in [0.1, 0.15) is 12.1 Å². The summed E-state index contributed by atoms with van der Waals surface area (Å²) in [5.74, 6) is 8.76. The first kappa shape index (κ1) is 20.6. The van der Waals surface area contributed by atoms with E-state index in [1.165, 1.54) is 6.42 Å². The van der Waals surface area contributed by atoms with Crippen molar-refractivity contribution in [3.05, 3.63) is 78.1 Å². The number of thiophene rings is 1. The van der Waals surface area contributed by atoms with Gasteiger partial charge in [-0.1, -0.05) is 30.0 Å². The summed E-state index contributed by atoms with van der Waals surface area (Å²) in [5, 5.41) is 8.95. The zero-order chi connectivity index (χ0) is 22.7. The summed E-state index contributed by atoms with van der Waals surface area (Å²) in [6, 6.07) is 20.1. The second-order valence-electron chi connectivity index (χ2n) is 8.05. The van der Waals surface area contributed by atoms with Gasteiger partial charge in [0.15, 0.2) is 5.82 Å². The molecule has 6 rings (SSSR count). The number of pyridine rings is 1. The van der Waals surface area contributed by atoms with E-state index in [0.29, 0.717) is 5.88 Å². The van der Waals surface area contributed by atoms with Crippen LogP contribution < -0.4 is 15.4 Å². The fourth-order valence-electron chi connectivity index (χ4n) is 4.05.